The Hall–Kier alpha value is -3.81. The van der Waals surface area contributed by atoms with Crippen molar-refractivity contribution in [1.82, 2.24) is 20.5 Å². The maximum atomic E-state index is 13.1. The van der Waals surface area contributed by atoms with Gasteiger partial charge in [0.05, 0.1) is 7.11 Å². The second-order valence-electron chi connectivity index (χ2n) is 10.0. The summed E-state index contributed by atoms with van der Waals surface area (Å²) in [7, 11) is 1.63. The van der Waals surface area contributed by atoms with Crippen LogP contribution in [0.5, 0.6) is 5.75 Å². The molecule has 1 aliphatic carbocycles. The number of rotatable bonds is 7. The first kappa shape index (κ1) is 23.9. The highest BCUT2D eigenvalue weighted by atomic mass is 16.5. The third kappa shape index (κ3) is 4.43. The number of carbonyl (C=O) groups excluding carboxylic acids is 3. The monoisotopic (exact) mass is 488 g/mol. The molecule has 1 aliphatic heterocycles. The molecular weight excluding hydrogens is 456 g/mol. The number of para-hydroxylation sites is 1. The zero-order valence-corrected chi connectivity index (χ0v) is 20.7. The SMILES string of the molecule is COc1ccc(C(CNC(=O)CN2C(=O)NC3(CCC(C)CC3)C2=O)c2c[nH]c3ccccc23)cc1. The Morgan fingerprint density at radius 2 is 1.86 bits per heavy atom. The lowest BCUT2D eigenvalue weighted by Gasteiger charge is -2.33. The van der Waals surface area contributed by atoms with Crippen LogP contribution in [0.4, 0.5) is 4.79 Å². The molecule has 1 saturated heterocycles. The number of methoxy groups -OCH3 is 1. The summed E-state index contributed by atoms with van der Waals surface area (Å²) in [6.07, 6.45) is 4.99. The second-order valence-corrected chi connectivity index (χ2v) is 10.0. The number of hydrogen-bond donors (Lipinski definition) is 3. The van der Waals surface area contributed by atoms with Crippen LogP contribution in [-0.2, 0) is 9.59 Å². The number of aromatic nitrogens is 1. The van der Waals surface area contributed by atoms with Crippen LogP contribution in [-0.4, -0.2) is 53.5 Å². The minimum absolute atomic E-state index is 0.134. The van der Waals surface area contributed by atoms with Crippen molar-refractivity contribution in [3.8, 4) is 5.75 Å². The van der Waals surface area contributed by atoms with Gasteiger partial charge in [-0.3, -0.25) is 14.5 Å². The summed E-state index contributed by atoms with van der Waals surface area (Å²) in [6, 6.07) is 15.3. The van der Waals surface area contributed by atoms with Gasteiger partial charge in [0.25, 0.3) is 5.91 Å². The number of benzene rings is 2. The molecular formula is C28H32N4O4. The van der Waals surface area contributed by atoms with Crippen LogP contribution in [0, 0.1) is 5.92 Å². The van der Waals surface area contributed by atoms with Crippen molar-refractivity contribution in [2.75, 3.05) is 20.2 Å². The van der Waals surface area contributed by atoms with E-state index in [1.807, 2.05) is 48.7 Å². The summed E-state index contributed by atoms with van der Waals surface area (Å²) in [5.74, 6) is 0.517. The Morgan fingerprint density at radius 1 is 1.14 bits per heavy atom. The van der Waals surface area contributed by atoms with Crippen LogP contribution in [0.25, 0.3) is 10.9 Å². The van der Waals surface area contributed by atoms with Crippen molar-refractivity contribution >= 4 is 28.7 Å². The summed E-state index contributed by atoms with van der Waals surface area (Å²) in [5.41, 5.74) is 2.25. The predicted octanol–water partition coefficient (Wildman–Crippen LogP) is 3.93. The Morgan fingerprint density at radius 3 is 2.58 bits per heavy atom. The zero-order chi connectivity index (χ0) is 25.3. The molecule has 4 amide bonds. The number of urea groups is 1. The molecule has 0 radical (unpaired) electrons. The molecule has 2 aromatic carbocycles. The molecule has 1 unspecified atom stereocenters. The molecule has 5 rings (SSSR count). The van der Waals surface area contributed by atoms with Gasteiger partial charge in [-0.2, -0.15) is 0 Å². The maximum Gasteiger partial charge on any atom is 0.325 e. The van der Waals surface area contributed by atoms with Gasteiger partial charge >= 0.3 is 6.03 Å². The summed E-state index contributed by atoms with van der Waals surface area (Å²) < 4.78 is 5.30. The first-order valence-corrected chi connectivity index (χ1v) is 12.5. The van der Waals surface area contributed by atoms with E-state index in [1.54, 1.807) is 7.11 Å². The number of hydrogen-bond acceptors (Lipinski definition) is 4. The van der Waals surface area contributed by atoms with Gasteiger partial charge in [-0.15, -0.1) is 0 Å². The predicted molar refractivity (Wildman–Crippen MR) is 137 cm³/mol. The lowest BCUT2D eigenvalue weighted by molar-refractivity contribution is -0.136. The molecule has 3 N–H and O–H groups in total. The first-order chi connectivity index (χ1) is 17.4. The van der Waals surface area contributed by atoms with E-state index in [-0.39, 0.29) is 24.3 Å². The van der Waals surface area contributed by atoms with Crippen LogP contribution in [0.3, 0.4) is 0 Å². The van der Waals surface area contributed by atoms with E-state index in [1.165, 1.54) is 0 Å². The number of nitrogens with one attached hydrogen (secondary N) is 3. The Bertz CT molecular complexity index is 1270. The molecule has 8 heteroatoms. The Kier molecular flexibility index (Phi) is 6.43. The molecule has 1 atom stereocenters. The van der Waals surface area contributed by atoms with Crippen LogP contribution in [0.1, 0.15) is 49.7 Å². The van der Waals surface area contributed by atoms with E-state index in [0.717, 1.165) is 45.5 Å². The number of ether oxygens (including phenoxy) is 1. The summed E-state index contributed by atoms with van der Waals surface area (Å²) >= 11 is 0. The van der Waals surface area contributed by atoms with Crippen LogP contribution in [0.2, 0.25) is 0 Å². The maximum absolute atomic E-state index is 13.1. The van der Waals surface area contributed by atoms with E-state index in [4.69, 9.17) is 4.74 Å². The number of carbonyl (C=O) groups is 3. The standard InChI is InChI=1S/C28H32N4O4/c1-18-11-13-28(14-12-18)26(34)32(27(35)31-28)17-25(33)30-15-22(19-7-9-20(36-2)10-8-19)23-16-29-24-6-4-3-5-21(23)24/h3-10,16,18,22,29H,11-15,17H2,1-2H3,(H,30,33)(H,31,35). The molecule has 0 bridgehead atoms. The molecule has 3 aromatic rings. The Labute approximate surface area is 210 Å². The summed E-state index contributed by atoms with van der Waals surface area (Å²) in [4.78, 5) is 43.1. The van der Waals surface area contributed by atoms with E-state index < -0.39 is 11.6 Å². The number of imide groups is 1. The lowest BCUT2D eigenvalue weighted by Crippen LogP contribution is -2.50. The Balaban J connectivity index is 1.32. The van der Waals surface area contributed by atoms with E-state index >= 15 is 0 Å². The normalized spacial score (nSPS) is 22.6. The molecule has 36 heavy (non-hydrogen) atoms. The zero-order valence-electron chi connectivity index (χ0n) is 20.7. The lowest BCUT2D eigenvalue weighted by atomic mass is 9.77. The highest BCUT2D eigenvalue weighted by Gasteiger charge is 2.52. The van der Waals surface area contributed by atoms with Gasteiger partial charge < -0.3 is 20.4 Å². The van der Waals surface area contributed by atoms with Crippen molar-refractivity contribution < 1.29 is 19.1 Å². The van der Waals surface area contributed by atoms with Crippen molar-refractivity contribution in [3.63, 3.8) is 0 Å². The number of amides is 4. The number of aromatic amines is 1. The first-order valence-electron chi connectivity index (χ1n) is 12.5. The van der Waals surface area contributed by atoms with Crippen LogP contribution < -0.4 is 15.4 Å². The van der Waals surface area contributed by atoms with E-state index in [9.17, 15) is 14.4 Å². The molecule has 2 fully saturated rings. The molecule has 2 heterocycles. The van der Waals surface area contributed by atoms with Gasteiger partial charge in [0, 0.05) is 29.6 Å². The van der Waals surface area contributed by atoms with Crippen LogP contribution >= 0.6 is 0 Å². The smallest absolute Gasteiger partial charge is 0.325 e. The fraction of sp³-hybridized carbons (Fsp3) is 0.393. The third-order valence-corrected chi connectivity index (χ3v) is 7.69. The molecule has 1 spiro atoms. The fourth-order valence-corrected chi connectivity index (χ4v) is 5.45. The number of H-pyrrole nitrogens is 1. The number of fused-ring (bicyclic) bond motifs is 1. The van der Waals surface area contributed by atoms with Gasteiger partial charge in [0.15, 0.2) is 0 Å². The van der Waals surface area contributed by atoms with Gasteiger partial charge in [-0.1, -0.05) is 37.3 Å². The topological polar surface area (TPSA) is 104 Å². The van der Waals surface area contributed by atoms with Crippen molar-refractivity contribution in [2.24, 2.45) is 5.92 Å². The fourth-order valence-electron chi connectivity index (χ4n) is 5.45. The largest absolute Gasteiger partial charge is 0.497 e. The van der Waals surface area contributed by atoms with Crippen LogP contribution in [0.15, 0.2) is 54.7 Å². The van der Waals surface area contributed by atoms with E-state index in [2.05, 4.69) is 28.6 Å². The van der Waals surface area contributed by atoms with E-state index in [0.29, 0.717) is 25.3 Å². The van der Waals surface area contributed by atoms with Gasteiger partial charge in [0.2, 0.25) is 5.91 Å². The van der Waals surface area contributed by atoms with Gasteiger partial charge in [-0.25, -0.2) is 4.79 Å². The minimum atomic E-state index is -0.848. The molecule has 8 nitrogen and oxygen atoms in total. The van der Waals surface area contributed by atoms with Crippen molar-refractivity contribution in [3.05, 3.63) is 65.9 Å². The average molecular weight is 489 g/mol. The van der Waals surface area contributed by atoms with Crippen molar-refractivity contribution in [2.45, 2.75) is 44.1 Å². The number of nitrogens with zero attached hydrogens (tertiary/aromatic N) is 1. The highest BCUT2D eigenvalue weighted by molar-refractivity contribution is 6.09. The van der Waals surface area contributed by atoms with Crippen molar-refractivity contribution in [1.29, 1.82) is 0 Å². The molecule has 2 aliphatic rings. The summed E-state index contributed by atoms with van der Waals surface area (Å²) in [6.45, 7) is 2.19. The summed E-state index contributed by atoms with van der Waals surface area (Å²) in [5, 5.41) is 6.93. The quantitative estimate of drug-likeness (QED) is 0.439. The highest BCUT2D eigenvalue weighted by Crippen LogP contribution is 2.36. The third-order valence-electron chi connectivity index (χ3n) is 7.69. The minimum Gasteiger partial charge on any atom is -0.497 e. The van der Waals surface area contributed by atoms with Gasteiger partial charge in [0.1, 0.15) is 17.8 Å². The second kappa shape index (κ2) is 9.68. The molecule has 1 aromatic heterocycles. The molecule has 188 valence electrons. The van der Waals surface area contributed by atoms with Gasteiger partial charge in [-0.05, 0) is 60.9 Å². The molecule has 1 saturated carbocycles. The average Bonchev–Trinajstić information content (AvgIpc) is 3.41.